The summed E-state index contributed by atoms with van der Waals surface area (Å²) in [6, 6.07) is 13.1. The van der Waals surface area contributed by atoms with Gasteiger partial charge >= 0.3 is 0 Å². The van der Waals surface area contributed by atoms with Gasteiger partial charge in [-0.2, -0.15) is 0 Å². The second-order valence-corrected chi connectivity index (χ2v) is 4.69. The van der Waals surface area contributed by atoms with E-state index in [-0.39, 0.29) is 11.7 Å². The van der Waals surface area contributed by atoms with Gasteiger partial charge < -0.3 is 10.4 Å². The zero-order valence-corrected chi connectivity index (χ0v) is 11.6. The normalized spacial score (nSPS) is 10.7. The molecule has 3 nitrogen and oxygen atoms in total. The van der Waals surface area contributed by atoms with E-state index in [1.54, 1.807) is 32.1 Å². The van der Waals surface area contributed by atoms with E-state index in [9.17, 15) is 9.90 Å². The van der Waals surface area contributed by atoms with E-state index < -0.39 is 0 Å². The fraction of sp³-hybridized carbons (Fsp3) is 0.118. The van der Waals surface area contributed by atoms with E-state index in [4.69, 9.17) is 0 Å². The molecule has 0 bridgehead atoms. The molecule has 102 valence electrons. The number of aromatic hydroxyl groups is 1. The summed E-state index contributed by atoms with van der Waals surface area (Å²) in [4.78, 5) is 11.8. The van der Waals surface area contributed by atoms with Crippen molar-refractivity contribution in [3.05, 3.63) is 65.2 Å². The van der Waals surface area contributed by atoms with Crippen LogP contribution in [0.5, 0.6) is 5.75 Å². The lowest BCUT2D eigenvalue weighted by atomic mass is 10.1. The molecule has 2 N–H and O–H groups in total. The van der Waals surface area contributed by atoms with Crippen molar-refractivity contribution in [3.8, 4) is 5.75 Å². The van der Waals surface area contributed by atoms with Gasteiger partial charge in [-0.25, -0.2) is 0 Å². The van der Waals surface area contributed by atoms with Crippen LogP contribution in [0.15, 0.2) is 48.5 Å². The first-order valence-electron chi connectivity index (χ1n) is 6.40. The number of aryl methyl sites for hydroxylation is 2. The Kier molecular flexibility index (Phi) is 4.20. The summed E-state index contributed by atoms with van der Waals surface area (Å²) in [5, 5.41) is 12.5. The minimum Gasteiger partial charge on any atom is -0.507 e. The second kappa shape index (κ2) is 6.06. The fourth-order valence-electron chi connectivity index (χ4n) is 1.95. The molecule has 0 spiro atoms. The van der Waals surface area contributed by atoms with Gasteiger partial charge in [0.2, 0.25) is 5.91 Å². The standard InChI is InChI=1S/C17H17NO2/c1-12-10-15(11-13(2)17(12)20)18-16(19)9-8-14-6-4-3-5-7-14/h3-11,20H,1-2H3,(H,18,19). The number of anilines is 1. The van der Waals surface area contributed by atoms with Crippen molar-refractivity contribution >= 4 is 17.7 Å². The minimum atomic E-state index is -0.196. The number of nitrogens with one attached hydrogen (secondary N) is 1. The third-order valence-corrected chi connectivity index (χ3v) is 2.99. The molecular weight excluding hydrogens is 250 g/mol. The van der Waals surface area contributed by atoms with Crippen LogP contribution in [0.25, 0.3) is 6.08 Å². The van der Waals surface area contributed by atoms with Crippen molar-refractivity contribution in [2.75, 3.05) is 5.32 Å². The molecule has 0 aromatic heterocycles. The Bertz CT molecular complexity index is 622. The predicted molar refractivity (Wildman–Crippen MR) is 81.7 cm³/mol. The van der Waals surface area contributed by atoms with Crippen molar-refractivity contribution in [2.24, 2.45) is 0 Å². The van der Waals surface area contributed by atoms with Gasteiger partial charge in [0.15, 0.2) is 0 Å². The van der Waals surface area contributed by atoms with Crippen LogP contribution in [0.1, 0.15) is 16.7 Å². The molecule has 0 saturated heterocycles. The zero-order valence-electron chi connectivity index (χ0n) is 11.6. The van der Waals surface area contributed by atoms with Crippen LogP contribution >= 0.6 is 0 Å². The molecule has 1 amide bonds. The average molecular weight is 267 g/mol. The molecule has 2 aromatic rings. The van der Waals surface area contributed by atoms with Crippen LogP contribution in [-0.2, 0) is 4.79 Å². The van der Waals surface area contributed by atoms with Gasteiger partial charge in [-0.1, -0.05) is 30.3 Å². The minimum absolute atomic E-state index is 0.196. The number of rotatable bonds is 3. The number of carbonyl (C=O) groups is 1. The van der Waals surface area contributed by atoms with Crippen molar-refractivity contribution in [3.63, 3.8) is 0 Å². The summed E-state index contributed by atoms with van der Waals surface area (Å²) >= 11 is 0. The van der Waals surface area contributed by atoms with E-state index >= 15 is 0 Å². The first-order valence-corrected chi connectivity index (χ1v) is 6.40. The quantitative estimate of drug-likeness (QED) is 0.658. The predicted octanol–water partition coefficient (Wildman–Crippen LogP) is 3.66. The van der Waals surface area contributed by atoms with Crippen molar-refractivity contribution in [1.82, 2.24) is 0 Å². The van der Waals surface area contributed by atoms with Crippen LogP contribution in [0, 0.1) is 13.8 Å². The van der Waals surface area contributed by atoms with Crippen molar-refractivity contribution in [2.45, 2.75) is 13.8 Å². The largest absolute Gasteiger partial charge is 0.507 e. The van der Waals surface area contributed by atoms with E-state index in [0.29, 0.717) is 5.69 Å². The van der Waals surface area contributed by atoms with Gasteiger partial charge in [0.1, 0.15) is 5.75 Å². The van der Waals surface area contributed by atoms with E-state index in [0.717, 1.165) is 16.7 Å². The number of hydrogen-bond acceptors (Lipinski definition) is 2. The topological polar surface area (TPSA) is 49.3 Å². The maximum atomic E-state index is 11.8. The Labute approximate surface area is 118 Å². The lowest BCUT2D eigenvalue weighted by molar-refractivity contribution is -0.111. The molecule has 0 atom stereocenters. The lowest BCUT2D eigenvalue weighted by Gasteiger charge is -2.08. The first kappa shape index (κ1) is 13.9. The summed E-state index contributed by atoms with van der Waals surface area (Å²) in [5.74, 6) is 0.0705. The van der Waals surface area contributed by atoms with Crippen LogP contribution in [0.3, 0.4) is 0 Å². The van der Waals surface area contributed by atoms with Crippen molar-refractivity contribution < 1.29 is 9.90 Å². The Morgan fingerprint density at radius 3 is 2.30 bits per heavy atom. The number of benzene rings is 2. The van der Waals surface area contributed by atoms with Gasteiger partial charge in [0.05, 0.1) is 0 Å². The molecule has 0 unspecified atom stereocenters. The Balaban J connectivity index is 2.07. The van der Waals surface area contributed by atoms with Crippen LogP contribution in [0.2, 0.25) is 0 Å². The summed E-state index contributed by atoms with van der Waals surface area (Å²) < 4.78 is 0. The van der Waals surface area contributed by atoms with Crippen LogP contribution < -0.4 is 5.32 Å². The molecule has 2 aromatic carbocycles. The summed E-state index contributed by atoms with van der Waals surface area (Å²) in [6.07, 6.45) is 3.25. The van der Waals surface area contributed by atoms with Crippen LogP contribution in [-0.4, -0.2) is 11.0 Å². The molecule has 2 rings (SSSR count). The average Bonchev–Trinajstić information content (AvgIpc) is 2.43. The first-order chi connectivity index (χ1) is 9.56. The number of carbonyl (C=O) groups excluding carboxylic acids is 1. The highest BCUT2D eigenvalue weighted by Crippen LogP contribution is 2.25. The molecule has 0 aliphatic heterocycles. The number of phenolic OH excluding ortho intramolecular Hbond substituents is 1. The third-order valence-electron chi connectivity index (χ3n) is 2.99. The van der Waals surface area contributed by atoms with Gasteiger partial charge in [-0.05, 0) is 48.7 Å². The molecular formula is C17H17NO2. The molecule has 0 saturated carbocycles. The Morgan fingerprint density at radius 1 is 1.10 bits per heavy atom. The molecule has 0 aliphatic rings. The second-order valence-electron chi connectivity index (χ2n) is 4.69. The molecule has 0 heterocycles. The van der Waals surface area contributed by atoms with E-state index in [1.807, 2.05) is 30.3 Å². The lowest BCUT2D eigenvalue weighted by Crippen LogP contribution is -2.08. The maximum Gasteiger partial charge on any atom is 0.248 e. The van der Waals surface area contributed by atoms with Gasteiger partial charge in [0, 0.05) is 11.8 Å². The third kappa shape index (κ3) is 3.48. The molecule has 0 radical (unpaired) electrons. The highest BCUT2D eigenvalue weighted by atomic mass is 16.3. The molecule has 0 fully saturated rings. The van der Waals surface area contributed by atoms with E-state index in [1.165, 1.54) is 6.08 Å². The molecule has 0 aliphatic carbocycles. The fourth-order valence-corrected chi connectivity index (χ4v) is 1.95. The molecule has 20 heavy (non-hydrogen) atoms. The Morgan fingerprint density at radius 2 is 1.70 bits per heavy atom. The van der Waals surface area contributed by atoms with Crippen molar-refractivity contribution in [1.29, 1.82) is 0 Å². The highest BCUT2D eigenvalue weighted by Gasteiger charge is 2.04. The van der Waals surface area contributed by atoms with E-state index in [2.05, 4.69) is 5.32 Å². The van der Waals surface area contributed by atoms with Gasteiger partial charge in [-0.3, -0.25) is 4.79 Å². The number of amides is 1. The summed E-state index contributed by atoms with van der Waals surface area (Å²) in [6.45, 7) is 3.61. The number of phenols is 1. The molecule has 3 heteroatoms. The number of hydrogen-bond donors (Lipinski definition) is 2. The van der Waals surface area contributed by atoms with Gasteiger partial charge in [0.25, 0.3) is 0 Å². The Hall–Kier alpha value is -2.55. The monoisotopic (exact) mass is 267 g/mol. The smallest absolute Gasteiger partial charge is 0.248 e. The maximum absolute atomic E-state index is 11.8. The SMILES string of the molecule is Cc1cc(NC(=O)C=Cc2ccccc2)cc(C)c1O. The summed E-state index contributed by atoms with van der Waals surface area (Å²) in [7, 11) is 0. The zero-order chi connectivity index (χ0) is 14.5. The summed E-state index contributed by atoms with van der Waals surface area (Å²) in [5.41, 5.74) is 3.14. The highest BCUT2D eigenvalue weighted by molar-refractivity contribution is 6.02. The van der Waals surface area contributed by atoms with Gasteiger partial charge in [-0.15, -0.1) is 0 Å². The van der Waals surface area contributed by atoms with Crippen LogP contribution in [0.4, 0.5) is 5.69 Å².